The van der Waals surface area contributed by atoms with Crippen LogP contribution < -0.4 is 14.2 Å². The molecule has 1 saturated heterocycles. The van der Waals surface area contributed by atoms with Crippen LogP contribution in [0.5, 0.6) is 17.4 Å². The second-order valence-corrected chi connectivity index (χ2v) is 8.79. The number of rotatable bonds is 9. The molecule has 0 unspecified atom stereocenters. The Labute approximate surface area is 182 Å². The number of esters is 1. The van der Waals surface area contributed by atoms with E-state index >= 15 is 0 Å². The van der Waals surface area contributed by atoms with Crippen molar-refractivity contribution in [3.05, 3.63) is 48.2 Å². The Balaban J connectivity index is 1.55. The maximum atomic E-state index is 12.6. The summed E-state index contributed by atoms with van der Waals surface area (Å²) in [6.45, 7) is 3.15. The van der Waals surface area contributed by atoms with Crippen molar-refractivity contribution in [1.82, 2.24) is 14.0 Å². The highest BCUT2D eigenvalue weighted by atomic mass is 32.2. The zero-order valence-electron chi connectivity index (χ0n) is 17.6. The summed E-state index contributed by atoms with van der Waals surface area (Å²) in [7, 11) is -2.32. The summed E-state index contributed by atoms with van der Waals surface area (Å²) in [5.74, 6) is 1.17. The monoisotopic (exact) mass is 449 g/mol. The first-order valence-corrected chi connectivity index (χ1v) is 11.5. The van der Waals surface area contributed by atoms with Crippen LogP contribution in [0.15, 0.2) is 42.6 Å². The molecule has 0 aliphatic carbocycles. The highest BCUT2D eigenvalue weighted by Gasteiger charge is 2.31. The van der Waals surface area contributed by atoms with Crippen LogP contribution in [0.2, 0.25) is 0 Å². The Kier molecular flexibility index (Phi) is 7.83. The van der Waals surface area contributed by atoms with Crippen LogP contribution in [-0.4, -0.2) is 50.5 Å². The second-order valence-electron chi connectivity index (χ2n) is 7.03. The number of aromatic nitrogens is 1. The molecule has 0 bridgehead atoms. The topological polar surface area (TPSA) is 107 Å². The second kappa shape index (κ2) is 10.6. The van der Waals surface area contributed by atoms with Gasteiger partial charge in [0.1, 0.15) is 11.5 Å². The standard InChI is InChI=1S/C21H27N3O6S/c1-3-29-18-4-6-19(7-5-18)30-20-14-16(8-11-22-20)15-23-31(26,27)24-12-9-17(10-13-24)21(25)28-2/h4-8,11,14,17,23H,3,9-10,12-13,15H2,1-2H3. The van der Waals surface area contributed by atoms with E-state index in [0.717, 1.165) is 5.75 Å². The Hall–Kier alpha value is -2.69. The molecule has 9 nitrogen and oxygen atoms in total. The number of hydrogen-bond acceptors (Lipinski definition) is 7. The van der Waals surface area contributed by atoms with E-state index in [9.17, 15) is 13.2 Å². The van der Waals surface area contributed by atoms with Gasteiger partial charge < -0.3 is 14.2 Å². The van der Waals surface area contributed by atoms with E-state index in [0.29, 0.717) is 36.6 Å². The van der Waals surface area contributed by atoms with Crippen LogP contribution in [0.25, 0.3) is 0 Å². The van der Waals surface area contributed by atoms with Gasteiger partial charge >= 0.3 is 5.97 Å². The average molecular weight is 450 g/mol. The molecule has 31 heavy (non-hydrogen) atoms. The van der Waals surface area contributed by atoms with Gasteiger partial charge in [0, 0.05) is 31.9 Å². The first-order chi connectivity index (χ1) is 14.9. The fraction of sp³-hybridized carbons (Fsp3) is 0.429. The number of piperidine rings is 1. The smallest absolute Gasteiger partial charge is 0.308 e. The van der Waals surface area contributed by atoms with Crippen molar-refractivity contribution in [2.75, 3.05) is 26.8 Å². The van der Waals surface area contributed by atoms with E-state index in [2.05, 4.69) is 9.71 Å². The zero-order chi connectivity index (χ0) is 22.3. The molecule has 1 fully saturated rings. The van der Waals surface area contributed by atoms with Crippen molar-refractivity contribution in [2.45, 2.75) is 26.3 Å². The van der Waals surface area contributed by atoms with Crippen molar-refractivity contribution in [1.29, 1.82) is 0 Å². The van der Waals surface area contributed by atoms with Crippen LogP contribution in [0.1, 0.15) is 25.3 Å². The molecule has 1 N–H and O–H groups in total. The molecule has 0 amide bonds. The van der Waals surface area contributed by atoms with Crippen LogP contribution in [0, 0.1) is 5.92 Å². The third kappa shape index (κ3) is 6.39. The molecule has 0 atom stereocenters. The molecule has 0 spiro atoms. The van der Waals surface area contributed by atoms with Crippen LogP contribution in [0.3, 0.4) is 0 Å². The van der Waals surface area contributed by atoms with Gasteiger partial charge in [0.05, 0.1) is 19.6 Å². The predicted octanol–water partition coefficient (Wildman–Crippen LogP) is 2.49. The number of carbonyl (C=O) groups excluding carboxylic acids is 1. The van der Waals surface area contributed by atoms with Crippen molar-refractivity contribution >= 4 is 16.2 Å². The maximum absolute atomic E-state index is 12.6. The quantitative estimate of drug-likeness (QED) is 0.586. The molecule has 10 heteroatoms. The first kappa shape index (κ1) is 23.0. The van der Waals surface area contributed by atoms with E-state index in [-0.39, 0.29) is 31.5 Å². The van der Waals surface area contributed by atoms with Gasteiger partial charge in [-0.15, -0.1) is 0 Å². The molecule has 1 aromatic carbocycles. The molecule has 0 saturated carbocycles. The lowest BCUT2D eigenvalue weighted by molar-refractivity contribution is -0.146. The molecular formula is C21H27N3O6S. The van der Waals surface area contributed by atoms with Crippen LogP contribution in [-0.2, 0) is 26.3 Å². The van der Waals surface area contributed by atoms with Crippen molar-refractivity contribution in [3.63, 3.8) is 0 Å². The number of methoxy groups -OCH3 is 1. The summed E-state index contributed by atoms with van der Waals surface area (Å²) in [6, 6.07) is 10.6. The van der Waals surface area contributed by atoms with Gasteiger partial charge in [-0.3, -0.25) is 4.79 Å². The molecular weight excluding hydrogens is 422 g/mol. The number of hydrogen-bond donors (Lipinski definition) is 1. The van der Waals surface area contributed by atoms with E-state index in [1.807, 2.05) is 6.92 Å². The Bertz CT molecular complexity index is 973. The van der Waals surface area contributed by atoms with Crippen LogP contribution in [0.4, 0.5) is 0 Å². The number of pyridine rings is 1. The van der Waals surface area contributed by atoms with E-state index < -0.39 is 10.2 Å². The molecule has 2 heterocycles. The normalized spacial score (nSPS) is 15.4. The summed E-state index contributed by atoms with van der Waals surface area (Å²) in [5, 5.41) is 0. The van der Waals surface area contributed by atoms with Crippen molar-refractivity contribution < 1.29 is 27.4 Å². The van der Waals surface area contributed by atoms with Gasteiger partial charge in [-0.2, -0.15) is 17.4 Å². The van der Waals surface area contributed by atoms with Gasteiger partial charge in [-0.05, 0) is 55.7 Å². The Morgan fingerprint density at radius 1 is 1.16 bits per heavy atom. The predicted molar refractivity (Wildman–Crippen MR) is 114 cm³/mol. The number of nitrogens with zero attached hydrogens (tertiary/aromatic N) is 2. The molecule has 3 rings (SSSR count). The van der Waals surface area contributed by atoms with Gasteiger partial charge in [0.25, 0.3) is 10.2 Å². The number of nitrogens with one attached hydrogen (secondary N) is 1. The molecule has 1 aliphatic heterocycles. The molecule has 2 aromatic rings. The molecule has 1 aromatic heterocycles. The summed E-state index contributed by atoms with van der Waals surface area (Å²) in [4.78, 5) is 15.8. The average Bonchev–Trinajstić information content (AvgIpc) is 2.79. The lowest BCUT2D eigenvalue weighted by Gasteiger charge is -2.29. The lowest BCUT2D eigenvalue weighted by Crippen LogP contribution is -2.45. The Morgan fingerprint density at radius 2 is 1.84 bits per heavy atom. The minimum absolute atomic E-state index is 0.0986. The minimum Gasteiger partial charge on any atom is -0.494 e. The number of ether oxygens (including phenoxy) is 3. The van der Waals surface area contributed by atoms with Gasteiger partial charge in [-0.1, -0.05) is 0 Å². The maximum Gasteiger partial charge on any atom is 0.308 e. The van der Waals surface area contributed by atoms with Gasteiger partial charge in [-0.25, -0.2) is 4.98 Å². The van der Waals surface area contributed by atoms with Crippen LogP contribution >= 0.6 is 0 Å². The van der Waals surface area contributed by atoms with Gasteiger partial charge in [0.15, 0.2) is 0 Å². The number of benzene rings is 1. The highest BCUT2D eigenvalue weighted by Crippen LogP contribution is 2.23. The molecule has 1 aliphatic rings. The van der Waals surface area contributed by atoms with E-state index in [1.165, 1.54) is 11.4 Å². The van der Waals surface area contributed by atoms with E-state index in [1.54, 1.807) is 42.6 Å². The largest absolute Gasteiger partial charge is 0.494 e. The molecule has 168 valence electrons. The summed E-state index contributed by atoms with van der Waals surface area (Å²) in [6.07, 6.45) is 2.46. The fourth-order valence-corrected chi connectivity index (χ4v) is 4.50. The summed E-state index contributed by atoms with van der Waals surface area (Å²) < 4.78 is 45.1. The van der Waals surface area contributed by atoms with Crippen molar-refractivity contribution in [3.8, 4) is 17.4 Å². The fourth-order valence-electron chi connectivity index (χ4n) is 3.27. The molecule has 0 radical (unpaired) electrons. The third-order valence-corrected chi connectivity index (χ3v) is 6.50. The number of carbonyl (C=O) groups is 1. The highest BCUT2D eigenvalue weighted by molar-refractivity contribution is 7.87. The van der Waals surface area contributed by atoms with Gasteiger partial charge in [0.2, 0.25) is 5.88 Å². The third-order valence-electron chi connectivity index (χ3n) is 4.94. The first-order valence-electron chi connectivity index (χ1n) is 10.1. The zero-order valence-corrected chi connectivity index (χ0v) is 18.4. The Morgan fingerprint density at radius 3 is 2.48 bits per heavy atom. The van der Waals surface area contributed by atoms with E-state index in [4.69, 9.17) is 14.2 Å². The SMILES string of the molecule is CCOc1ccc(Oc2cc(CNS(=O)(=O)N3CCC(C(=O)OC)CC3)ccn2)cc1. The minimum atomic E-state index is -3.66. The lowest BCUT2D eigenvalue weighted by atomic mass is 9.99. The summed E-state index contributed by atoms with van der Waals surface area (Å²) >= 11 is 0. The summed E-state index contributed by atoms with van der Waals surface area (Å²) in [5.41, 5.74) is 0.712. The van der Waals surface area contributed by atoms with Crippen molar-refractivity contribution in [2.24, 2.45) is 5.92 Å².